The smallest absolute Gasteiger partial charge is 0.252 e. The van der Waals surface area contributed by atoms with Crippen LogP contribution in [-0.4, -0.2) is 28.1 Å². The Balaban J connectivity index is 1.56. The van der Waals surface area contributed by atoms with Crippen molar-refractivity contribution in [2.75, 3.05) is 0 Å². The number of nitrogens with zero attached hydrogens (tertiary/aromatic N) is 1. The SMILES string of the molecule is O=C(NC1CCC(O)CC1)c1ccccc1-c1ncc(-c2ccccc2)o1. The molecule has 0 spiro atoms. The van der Waals surface area contributed by atoms with Gasteiger partial charge in [0.2, 0.25) is 5.89 Å². The first-order chi connectivity index (χ1) is 13.2. The fraction of sp³-hybridized carbons (Fsp3) is 0.273. The number of aliphatic hydroxyl groups excluding tert-OH is 1. The summed E-state index contributed by atoms with van der Waals surface area (Å²) in [7, 11) is 0. The number of rotatable bonds is 4. The highest BCUT2D eigenvalue weighted by Crippen LogP contribution is 2.28. The van der Waals surface area contributed by atoms with Crippen molar-refractivity contribution in [1.82, 2.24) is 10.3 Å². The summed E-state index contributed by atoms with van der Waals surface area (Å²) in [4.78, 5) is 17.2. The van der Waals surface area contributed by atoms with Crippen LogP contribution in [0.3, 0.4) is 0 Å². The molecule has 27 heavy (non-hydrogen) atoms. The standard InChI is InChI=1S/C22H22N2O3/c25-17-12-10-16(11-13-17)24-21(26)18-8-4-5-9-19(18)22-23-14-20(27-22)15-6-2-1-3-7-15/h1-9,14,16-17,25H,10-13H2,(H,24,26). The van der Waals surface area contributed by atoms with Gasteiger partial charge in [0, 0.05) is 17.2 Å². The Hall–Kier alpha value is -2.92. The third kappa shape index (κ3) is 3.93. The van der Waals surface area contributed by atoms with E-state index in [-0.39, 0.29) is 18.1 Å². The Bertz CT molecular complexity index is 912. The third-order valence-corrected chi connectivity index (χ3v) is 5.00. The number of carbonyl (C=O) groups excluding carboxylic acids is 1. The number of aromatic nitrogens is 1. The first-order valence-corrected chi connectivity index (χ1v) is 9.30. The highest BCUT2D eigenvalue weighted by atomic mass is 16.4. The van der Waals surface area contributed by atoms with Crippen molar-refractivity contribution in [3.63, 3.8) is 0 Å². The van der Waals surface area contributed by atoms with Crippen LogP contribution in [0.1, 0.15) is 36.0 Å². The van der Waals surface area contributed by atoms with Gasteiger partial charge in [-0.05, 0) is 37.8 Å². The fourth-order valence-corrected chi connectivity index (χ4v) is 3.49. The molecule has 2 N–H and O–H groups in total. The van der Waals surface area contributed by atoms with Gasteiger partial charge in [-0.2, -0.15) is 0 Å². The molecule has 0 atom stereocenters. The van der Waals surface area contributed by atoms with Crippen molar-refractivity contribution < 1.29 is 14.3 Å². The molecule has 0 saturated heterocycles. The monoisotopic (exact) mass is 362 g/mol. The van der Waals surface area contributed by atoms with Crippen molar-refractivity contribution in [1.29, 1.82) is 0 Å². The summed E-state index contributed by atoms with van der Waals surface area (Å²) in [6, 6.07) is 17.2. The highest BCUT2D eigenvalue weighted by molar-refractivity contribution is 6.00. The quantitative estimate of drug-likeness (QED) is 0.734. The zero-order valence-corrected chi connectivity index (χ0v) is 15.0. The van der Waals surface area contributed by atoms with Gasteiger partial charge in [0.05, 0.1) is 17.9 Å². The lowest BCUT2D eigenvalue weighted by atomic mass is 9.93. The van der Waals surface area contributed by atoms with E-state index in [1.807, 2.05) is 48.5 Å². The normalized spacial score (nSPS) is 19.6. The van der Waals surface area contributed by atoms with Crippen molar-refractivity contribution >= 4 is 5.91 Å². The first-order valence-electron chi connectivity index (χ1n) is 9.30. The number of benzene rings is 2. The summed E-state index contributed by atoms with van der Waals surface area (Å²) < 4.78 is 5.93. The van der Waals surface area contributed by atoms with Gasteiger partial charge in [0.15, 0.2) is 5.76 Å². The van der Waals surface area contributed by atoms with Gasteiger partial charge in [-0.1, -0.05) is 42.5 Å². The minimum Gasteiger partial charge on any atom is -0.436 e. The van der Waals surface area contributed by atoms with E-state index >= 15 is 0 Å². The van der Waals surface area contributed by atoms with Crippen LogP contribution in [0.2, 0.25) is 0 Å². The third-order valence-electron chi connectivity index (χ3n) is 5.00. The maximum absolute atomic E-state index is 12.8. The van der Waals surface area contributed by atoms with Gasteiger partial charge in [-0.15, -0.1) is 0 Å². The number of amides is 1. The number of oxazole rings is 1. The molecule has 5 nitrogen and oxygen atoms in total. The highest BCUT2D eigenvalue weighted by Gasteiger charge is 2.23. The van der Waals surface area contributed by atoms with E-state index in [1.165, 1.54) is 0 Å². The van der Waals surface area contributed by atoms with E-state index in [9.17, 15) is 9.90 Å². The molecule has 4 rings (SSSR count). The molecule has 0 radical (unpaired) electrons. The lowest BCUT2D eigenvalue weighted by Gasteiger charge is -2.26. The van der Waals surface area contributed by atoms with Crippen LogP contribution in [0.5, 0.6) is 0 Å². The van der Waals surface area contributed by atoms with Crippen molar-refractivity contribution in [3.8, 4) is 22.8 Å². The molecular weight excluding hydrogens is 340 g/mol. The van der Waals surface area contributed by atoms with Crippen LogP contribution in [-0.2, 0) is 0 Å². The Morgan fingerprint density at radius 1 is 1.00 bits per heavy atom. The average Bonchev–Trinajstić information content (AvgIpc) is 3.20. The Morgan fingerprint density at radius 2 is 1.70 bits per heavy atom. The van der Waals surface area contributed by atoms with Crippen LogP contribution in [0.4, 0.5) is 0 Å². The first kappa shape index (κ1) is 17.5. The number of hydrogen-bond donors (Lipinski definition) is 2. The van der Waals surface area contributed by atoms with E-state index in [4.69, 9.17) is 4.42 Å². The molecule has 1 aromatic heterocycles. The lowest BCUT2D eigenvalue weighted by molar-refractivity contribution is 0.0868. The second kappa shape index (κ2) is 7.76. The van der Waals surface area contributed by atoms with E-state index < -0.39 is 0 Å². The molecule has 1 aliphatic carbocycles. The van der Waals surface area contributed by atoms with Crippen LogP contribution >= 0.6 is 0 Å². The Morgan fingerprint density at radius 3 is 2.48 bits per heavy atom. The summed E-state index contributed by atoms with van der Waals surface area (Å²) in [5.41, 5.74) is 2.16. The molecule has 2 aromatic carbocycles. The minimum absolute atomic E-state index is 0.0957. The summed E-state index contributed by atoms with van der Waals surface area (Å²) >= 11 is 0. The van der Waals surface area contributed by atoms with Crippen molar-refractivity contribution in [2.45, 2.75) is 37.8 Å². The number of hydrogen-bond acceptors (Lipinski definition) is 4. The van der Waals surface area contributed by atoms with Crippen LogP contribution in [0.15, 0.2) is 65.2 Å². The predicted octanol–water partition coefficient (Wildman–Crippen LogP) is 4.04. The van der Waals surface area contributed by atoms with Crippen LogP contribution in [0.25, 0.3) is 22.8 Å². The lowest BCUT2D eigenvalue weighted by Crippen LogP contribution is -2.38. The molecule has 1 saturated carbocycles. The molecule has 1 heterocycles. The molecule has 1 amide bonds. The molecule has 1 aliphatic rings. The molecule has 0 aliphatic heterocycles. The average molecular weight is 362 g/mol. The van der Waals surface area contributed by atoms with Gasteiger partial charge < -0.3 is 14.8 Å². The van der Waals surface area contributed by atoms with Gasteiger partial charge in [0.1, 0.15) is 0 Å². The second-order valence-corrected chi connectivity index (χ2v) is 6.92. The van der Waals surface area contributed by atoms with E-state index in [1.54, 1.807) is 12.3 Å². The predicted molar refractivity (Wildman–Crippen MR) is 103 cm³/mol. The van der Waals surface area contributed by atoms with E-state index in [2.05, 4.69) is 10.3 Å². The van der Waals surface area contributed by atoms with Crippen molar-refractivity contribution in [2.24, 2.45) is 0 Å². The Labute approximate surface area is 158 Å². The van der Waals surface area contributed by atoms with Crippen LogP contribution < -0.4 is 5.32 Å². The number of carbonyl (C=O) groups is 1. The second-order valence-electron chi connectivity index (χ2n) is 6.92. The molecular formula is C22H22N2O3. The van der Waals surface area contributed by atoms with E-state index in [0.717, 1.165) is 31.2 Å². The van der Waals surface area contributed by atoms with Crippen LogP contribution in [0, 0.1) is 0 Å². The number of nitrogens with one attached hydrogen (secondary N) is 1. The molecule has 0 unspecified atom stereocenters. The number of aliphatic hydroxyl groups is 1. The van der Waals surface area contributed by atoms with Gasteiger partial charge >= 0.3 is 0 Å². The summed E-state index contributed by atoms with van der Waals surface area (Å²) in [6.45, 7) is 0. The summed E-state index contributed by atoms with van der Waals surface area (Å²) in [5.74, 6) is 0.965. The molecule has 3 aromatic rings. The Kier molecular flexibility index (Phi) is 5.03. The maximum Gasteiger partial charge on any atom is 0.252 e. The van der Waals surface area contributed by atoms with Gasteiger partial charge in [-0.3, -0.25) is 4.79 Å². The van der Waals surface area contributed by atoms with E-state index in [0.29, 0.717) is 22.8 Å². The molecule has 1 fully saturated rings. The summed E-state index contributed by atoms with van der Waals surface area (Å²) in [6.07, 6.45) is 4.49. The largest absolute Gasteiger partial charge is 0.436 e. The van der Waals surface area contributed by atoms with Gasteiger partial charge in [0.25, 0.3) is 5.91 Å². The zero-order chi connectivity index (χ0) is 18.6. The topological polar surface area (TPSA) is 75.4 Å². The molecule has 0 bridgehead atoms. The maximum atomic E-state index is 12.8. The minimum atomic E-state index is -0.242. The summed E-state index contributed by atoms with van der Waals surface area (Å²) in [5, 5.41) is 12.7. The van der Waals surface area contributed by atoms with Gasteiger partial charge in [-0.25, -0.2) is 4.98 Å². The zero-order valence-electron chi connectivity index (χ0n) is 15.0. The van der Waals surface area contributed by atoms with Crippen molar-refractivity contribution in [3.05, 3.63) is 66.4 Å². The molecule has 138 valence electrons. The fourth-order valence-electron chi connectivity index (χ4n) is 3.49. The molecule has 5 heteroatoms.